The first-order chi connectivity index (χ1) is 12.2. The SMILES string of the molecule is Cc1nc2ccc(CC(=O)N3CCC(N4CCSCC4)CC3)cc2[nH]1. The van der Waals surface area contributed by atoms with E-state index in [1.54, 1.807) is 0 Å². The van der Waals surface area contributed by atoms with Crippen molar-refractivity contribution < 1.29 is 4.79 Å². The minimum atomic E-state index is 0.253. The van der Waals surface area contributed by atoms with Gasteiger partial charge >= 0.3 is 0 Å². The van der Waals surface area contributed by atoms with E-state index in [0.717, 1.165) is 48.4 Å². The third-order valence-corrected chi connectivity index (χ3v) is 6.34. The second-order valence-electron chi connectivity index (χ2n) is 7.11. The first kappa shape index (κ1) is 16.9. The molecule has 0 aliphatic carbocycles. The predicted molar refractivity (Wildman–Crippen MR) is 103 cm³/mol. The van der Waals surface area contributed by atoms with Crippen molar-refractivity contribution in [1.29, 1.82) is 0 Å². The largest absolute Gasteiger partial charge is 0.342 e. The number of aryl methyl sites for hydroxylation is 1. The summed E-state index contributed by atoms with van der Waals surface area (Å²) < 4.78 is 0. The summed E-state index contributed by atoms with van der Waals surface area (Å²) in [5.41, 5.74) is 3.05. The molecule has 3 heterocycles. The lowest BCUT2D eigenvalue weighted by molar-refractivity contribution is -0.132. The number of likely N-dealkylation sites (tertiary alicyclic amines) is 1. The van der Waals surface area contributed by atoms with Gasteiger partial charge in [-0.25, -0.2) is 4.98 Å². The smallest absolute Gasteiger partial charge is 0.226 e. The first-order valence-corrected chi connectivity index (χ1v) is 10.4. The number of carbonyl (C=O) groups is 1. The van der Waals surface area contributed by atoms with Crippen molar-refractivity contribution in [2.24, 2.45) is 0 Å². The number of fused-ring (bicyclic) bond motifs is 1. The summed E-state index contributed by atoms with van der Waals surface area (Å²) in [5, 5.41) is 0. The molecular formula is C19H26N4OS. The van der Waals surface area contributed by atoms with Crippen LogP contribution in [0.3, 0.4) is 0 Å². The lowest BCUT2D eigenvalue weighted by Gasteiger charge is -2.40. The van der Waals surface area contributed by atoms with Crippen molar-refractivity contribution in [3.05, 3.63) is 29.6 Å². The number of thioether (sulfide) groups is 1. The van der Waals surface area contributed by atoms with Crippen LogP contribution in [0.25, 0.3) is 11.0 Å². The third kappa shape index (κ3) is 3.85. The van der Waals surface area contributed by atoms with Crippen LogP contribution in [0.5, 0.6) is 0 Å². The molecule has 0 unspecified atom stereocenters. The average molecular weight is 359 g/mol. The van der Waals surface area contributed by atoms with Crippen molar-refractivity contribution in [3.63, 3.8) is 0 Å². The number of carbonyl (C=O) groups excluding carboxylic acids is 1. The molecule has 2 saturated heterocycles. The van der Waals surface area contributed by atoms with E-state index >= 15 is 0 Å². The molecule has 25 heavy (non-hydrogen) atoms. The van der Waals surface area contributed by atoms with Gasteiger partial charge in [-0.3, -0.25) is 9.69 Å². The van der Waals surface area contributed by atoms with Crippen LogP contribution < -0.4 is 0 Å². The molecule has 0 saturated carbocycles. The summed E-state index contributed by atoms with van der Waals surface area (Å²) in [6.45, 7) is 6.19. The Morgan fingerprint density at radius 1 is 1.24 bits per heavy atom. The van der Waals surface area contributed by atoms with Gasteiger partial charge in [-0.05, 0) is 37.5 Å². The molecule has 4 rings (SSSR count). The molecule has 134 valence electrons. The Bertz CT molecular complexity index is 745. The van der Waals surface area contributed by atoms with E-state index in [9.17, 15) is 4.79 Å². The fraction of sp³-hybridized carbons (Fsp3) is 0.579. The number of benzene rings is 1. The average Bonchev–Trinajstić information content (AvgIpc) is 3.02. The van der Waals surface area contributed by atoms with Crippen molar-refractivity contribution in [2.75, 3.05) is 37.7 Å². The van der Waals surface area contributed by atoms with Gasteiger partial charge in [0.1, 0.15) is 5.82 Å². The summed E-state index contributed by atoms with van der Waals surface area (Å²) in [4.78, 5) is 25.0. The first-order valence-electron chi connectivity index (χ1n) is 9.24. The van der Waals surface area contributed by atoms with E-state index < -0.39 is 0 Å². The Labute approximate surface area is 153 Å². The van der Waals surface area contributed by atoms with E-state index in [-0.39, 0.29) is 5.91 Å². The molecule has 2 fully saturated rings. The Balaban J connectivity index is 1.33. The van der Waals surface area contributed by atoms with Crippen LogP contribution >= 0.6 is 11.8 Å². The highest BCUT2D eigenvalue weighted by molar-refractivity contribution is 7.99. The number of imidazole rings is 1. The second kappa shape index (κ2) is 7.38. The Morgan fingerprint density at radius 2 is 2.00 bits per heavy atom. The van der Waals surface area contributed by atoms with Gasteiger partial charge in [0, 0.05) is 43.7 Å². The maximum atomic E-state index is 12.7. The van der Waals surface area contributed by atoms with Crippen molar-refractivity contribution >= 4 is 28.7 Å². The van der Waals surface area contributed by atoms with Crippen LogP contribution in [0, 0.1) is 6.92 Å². The Kier molecular flexibility index (Phi) is 4.99. The van der Waals surface area contributed by atoms with Crippen molar-refractivity contribution in [2.45, 2.75) is 32.2 Å². The fourth-order valence-corrected chi connectivity index (χ4v) is 4.94. The zero-order chi connectivity index (χ0) is 17.2. The maximum absolute atomic E-state index is 12.7. The van der Waals surface area contributed by atoms with E-state index in [0.29, 0.717) is 12.5 Å². The molecule has 5 nitrogen and oxygen atoms in total. The molecule has 2 aliphatic heterocycles. The van der Waals surface area contributed by atoms with Crippen LogP contribution in [-0.4, -0.2) is 69.4 Å². The molecule has 1 aromatic carbocycles. The molecule has 2 aromatic rings. The molecule has 2 aliphatic rings. The summed E-state index contributed by atoms with van der Waals surface area (Å²) in [5.74, 6) is 3.68. The Morgan fingerprint density at radius 3 is 2.76 bits per heavy atom. The zero-order valence-corrected chi connectivity index (χ0v) is 15.6. The number of rotatable bonds is 3. The number of nitrogens with zero attached hydrogens (tertiary/aromatic N) is 3. The van der Waals surface area contributed by atoms with Crippen LogP contribution in [0.2, 0.25) is 0 Å². The van der Waals surface area contributed by atoms with Gasteiger partial charge in [0.2, 0.25) is 5.91 Å². The normalized spacial score (nSPS) is 20.3. The molecule has 0 bridgehead atoms. The summed E-state index contributed by atoms with van der Waals surface area (Å²) >= 11 is 2.06. The number of hydrogen-bond acceptors (Lipinski definition) is 4. The maximum Gasteiger partial charge on any atom is 0.226 e. The van der Waals surface area contributed by atoms with E-state index in [1.165, 1.54) is 24.6 Å². The molecule has 1 N–H and O–H groups in total. The molecule has 1 amide bonds. The lowest BCUT2D eigenvalue weighted by Crippen LogP contribution is -2.49. The highest BCUT2D eigenvalue weighted by Crippen LogP contribution is 2.21. The number of H-pyrrole nitrogens is 1. The van der Waals surface area contributed by atoms with Gasteiger partial charge in [0.05, 0.1) is 17.5 Å². The number of hydrogen-bond donors (Lipinski definition) is 1. The predicted octanol–water partition coefficient (Wildman–Crippen LogP) is 2.45. The van der Waals surface area contributed by atoms with Gasteiger partial charge in [-0.2, -0.15) is 11.8 Å². The lowest BCUT2D eigenvalue weighted by atomic mass is 10.0. The minimum Gasteiger partial charge on any atom is -0.342 e. The topological polar surface area (TPSA) is 52.2 Å². The van der Waals surface area contributed by atoms with Crippen LogP contribution in [0.1, 0.15) is 24.2 Å². The Hall–Kier alpha value is -1.53. The number of aromatic nitrogens is 2. The van der Waals surface area contributed by atoms with Crippen LogP contribution in [0.4, 0.5) is 0 Å². The highest BCUT2D eigenvalue weighted by Gasteiger charge is 2.27. The summed E-state index contributed by atoms with van der Waals surface area (Å²) in [7, 11) is 0. The molecule has 6 heteroatoms. The van der Waals surface area contributed by atoms with Crippen molar-refractivity contribution in [1.82, 2.24) is 19.8 Å². The van der Waals surface area contributed by atoms with E-state index in [1.807, 2.05) is 19.1 Å². The van der Waals surface area contributed by atoms with Crippen molar-refractivity contribution in [3.8, 4) is 0 Å². The molecule has 0 spiro atoms. The van der Waals surface area contributed by atoms with E-state index in [4.69, 9.17) is 0 Å². The molecule has 0 atom stereocenters. The number of amides is 1. The number of aromatic amines is 1. The number of nitrogens with one attached hydrogen (secondary N) is 1. The van der Waals surface area contributed by atoms with E-state index in [2.05, 4.69) is 37.6 Å². The van der Waals surface area contributed by atoms with Crippen LogP contribution in [0.15, 0.2) is 18.2 Å². The van der Waals surface area contributed by atoms with Crippen LogP contribution in [-0.2, 0) is 11.2 Å². The summed E-state index contributed by atoms with van der Waals surface area (Å²) in [6.07, 6.45) is 2.73. The quantitative estimate of drug-likeness (QED) is 0.916. The fourth-order valence-electron chi connectivity index (χ4n) is 4.00. The third-order valence-electron chi connectivity index (χ3n) is 5.40. The second-order valence-corrected chi connectivity index (χ2v) is 8.34. The monoisotopic (exact) mass is 358 g/mol. The van der Waals surface area contributed by atoms with Gasteiger partial charge in [-0.15, -0.1) is 0 Å². The molecule has 1 aromatic heterocycles. The van der Waals surface area contributed by atoms with Gasteiger partial charge in [-0.1, -0.05) is 6.07 Å². The number of piperidine rings is 1. The zero-order valence-electron chi connectivity index (χ0n) is 14.8. The molecular weight excluding hydrogens is 332 g/mol. The summed E-state index contributed by atoms with van der Waals surface area (Å²) in [6, 6.07) is 6.76. The molecule has 0 radical (unpaired) electrons. The van der Waals surface area contributed by atoms with Gasteiger partial charge < -0.3 is 9.88 Å². The highest BCUT2D eigenvalue weighted by atomic mass is 32.2. The van der Waals surface area contributed by atoms with Gasteiger partial charge in [0.25, 0.3) is 0 Å². The van der Waals surface area contributed by atoms with Gasteiger partial charge in [0.15, 0.2) is 0 Å². The standard InChI is InChI=1S/C19H26N4OS/c1-14-20-17-3-2-15(12-18(17)21-14)13-19(24)23-6-4-16(5-7-23)22-8-10-25-11-9-22/h2-3,12,16H,4-11,13H2,1H3,(H,20,21). The minimum absolute atomic E-state index is 0.253.